The van der Waals surface area contributed by atoms with E-state index in [1.54, 1.807) is 13.8 Å². The predicted octanol–water partition coefficient (Wildman–Crippen LogP) is 3.03. The van der Waals surface area contributed by atoms with Crippen LogP contribution < -0.4 is 0 Å². The van der Waals surface area contributed by atoms with Crippen molar-refractivity contribution >= 4 is 11.9 Å². The minimum absolute atomic E-state index is 0.0325. The Morgan fingerprint density at radius 1 is 0.833 bits per heavy atom. The Morgan fingerprint density at radius 2 is 1.11 bits per heavy atom. The van der Waals surface area contributed by atoms with Crippen LogP contribution in [-0.2, 0) is 19.1 Å². The Kier molecular flexibility index (Phi) is 12.4. The molecule has 0 atom stereocenters. The molecule has 0 aromatic rings. The van der Waals surface area contributed by atoms with E-state index in [0.717, 1.165) is 0 Å². The molecule has 0 spiro atoms. The highest BCUT2D eigenvalue weighted by Crippen LogP contribution is 1.94. The van der Waals surface area contributed by atoms with Crippen LogP contribution in [0.4, 0.5) is 0 Å². The van der Waals surface area contributed by atoms with Gasteiger partial charge in [-0.1, -0.05) is 39.8 Å². The summed E-state index contributed by atoms with van der Waals surface area (Å²) in [6.45, 7) is 14.3. The Morgan fingerprint density at radius 3 is 1.28 bits per heavy atom. The second kappa shape index (κ2) is 11.9. The summed E-state index contributed by atoms with van der Waals surface area (Å²) >= 11 is 0. The number of esters is 2. The van der Waals surface area contributed by atoms with Crippen molar-refractivity contribution in [2.75, 3.05) is 13.2 Å². The summed E-state index contributed by atoms with van der Waals surface area (Å²) in [7, 11) is 0. The minimum atomic E-state index is -0.489. The summed E-state index contributed by atoms with van der Waals surface area (Å²) in [6.07, 6.45) is 2.64. The van der Waals surface area contributed by atoms with Crippen LogP contribution in [0.3, 0.4) is 0 Å². The zero-order chi connectivity index (χ0) is 14.6. The smallest absolute Gasteiger partial charge is 0.333 e. The summed E-state index contributed by atoms with van der Waals surface area (Å²) in [5, 5.41) is 0. The second-order valence-corrected chi connectivity index (χ2v) is 3.83. The lowest BCUT2D eigenvalue weighted by atomic mass is 10.4. The molecular formula is C14H24O4. The molecule has 4 heteroatoms. The topological polar surface area (TPSA) is 52.6 Å². The average Bonchev–Trinajstić information content (AvgIpc) is 2.33. The fourth-order valence-corrected chi connectivity index (χ4v) is 0.515. The SMILES string of the molecule is C=C(C)C(=O)OCCOC(=O)C(=C)C.CCCC. The van der Waals surface area contributed by atoms with Gasteiger partial charge in [0.1, 0.15) is 13.2 Å². The normalized spacial score (nSPS) is 8.67. The molecule has 18 heavy (non-hydrogen) atoms. The number of hydrogen-bond donors (Lipinski definition) is 0. The fraction of sp³-hybridized carbons (Fsp3) is 0.571. The summed E-state index contributed by atoms with van der Waals surface area (Å²) in [5.74, 6) is -0.979. The van der Waals surface area contributed by atoms with Gasteiger partial charge in [-0.2, -0.15) is 0 Å². The van der Waals surface area contributed by atoms with E-state index >= 15 is 0 Å². The van der Waals surface area contributed by atoms with Crippen LogP contribution >= 0.6 is 0 Å². The first kappa shape index (κ1) is 18.8. The molecule has 0 heterocycles. The number of unbranched alkanes of at least 4 members (excludes halogenated alkanes) is 1. The van der Waals surface area contributed by atoms with Gasteiger partial charge >= 0.3 is 11.9 Å². The van der Waals surface area contributed by atoms with E-state index in [9.17, 15) is 9.59 Å². The van der Waals surface area contributed by atoms with Crippen molar-refractivity contribution in [3.8, 4) is 0 Å². The van der Waals surface area contributed by atoms with Crippen LogP contribution in [0.1, 0.15) is 40.5 Å². The van der Waals surface area contributed by atoms with Crippen LogP contribution in [0.15, 0.2) is 24.3 Å². The predicted molar refractivity (Wildman–Crippen MR) is 72.1 cm³/mol. The van der Waals surface area contributed by atoms with Gasteiger partial charge in [0.05, 0.1) is 0 Å². The Labute approximate surface area is 110 Å². The molecular weight excluding hydrogens is 232 g/mol. The zero-order valence-corrected chi connectivity index (χ0v) is 11.9. The molecule has 104 valence electrons. The van der Waals surface area contributed by atoms with Gasteiger partial charge in [0.2, 0.25) is 0 Å². The molecule has 0 aromatic heterocycles. The number of rotatable bonds is 6. The molecule has 0 unspecified atom stereocenters. The van der Waals surface area contributed by atoms with Crippen molar-refractivity contribution in [1.29, 1.82) is 0 Å². The monoisotopic (exact) mass is 256 g/mol. The van der Waals surface area contributed by atoms with Crippen molar-refractivity contribution in [1.82, 2.24) is 0 Å². The lowest BCUT2D eigenvalue weighted by Crippen LogP contribution is -2.14. The summed E-state index contributed by atoms with van der Waals surface area (Å²) in [5.41, 5.74) is 0.632. The average molecular weight is 256 g/mol. The molecule has 0 rings (SSSR count). The number of carbonyl (C=O) groups excluding carboxylic acids is 2. The molecule has 0 aromatic carbocycles. The lowest BCUT2D eigenvalue weighted by Gasteiger charge is -2.05. The Hall–Kier alpha value is -1.58. The molecule has 0 radical (unpaired) electrons. The molecule has 4 nitrogen and oxygen atoms in total. The van der Waals surface area contributed by atoms with E-state index in [0.29, 0.717) is 11.1 Å². The fourth-order valence-electron chi connectivity index (χ4n) is 0.515. The molecule has 0 aliphatic carbocycles. The van der Waals surface area contributed by atoms with Crippen LogP contribution in [-0.4, -0.2) is 25.2 Å². The highest BCUT2D eigenvalue weighted by Gasteiger charge is 2.05. The van der Waals surface area contributed by atoms with Crippen molar-refractivity contribution < 1.29 is 19.1 Å². The number of ether oxygens (including phenoxy) is 2. The maximum absolute atomic E-state index is 10.8. The van der Waals surface area contributed by atoms with Crippen molar-refractivity contribution in [3.63, 3.8) is 0 Å². The van der Waals surface area contributed by atoms with Gasteiger partial charge in [-0.25, -0.2) is 9.59 Å². The molecule has 0 saturated carbocycles. The molecule has 0 bridgehead atoms. The van der Waals surface area contributed by atoms with E-state index < -0.39 is 11.9 Å². The van der Waals surface area contributed by atoms with Gasteiger partial charge in [-0.15, -0.1) is 0 Å². The van der Waals surface area contributed by atoms with E-state index in [-0.39, 0.29) is 13.2 Å². The minimum Gasteiger partial charge on any atom is -0.459 e. The molecule has 0 saturated heterocycles. The van der Waals surface area contributed by atoms with Crippen LogP contribution in [0.2, 0.25) is 0 Å². The molecule has 0 aliphatic rings. The molecule has 0 fully saturated rings. The van der Waals surface area contributed by atoms with E-state index in [2.05, 4.69) is 36.5 Å². The highest BCUT2D eigenvalue weighted by molar-refractivity contribution is 5.87. The third kappa shape index (κ3) is 12.5. The van der Waals surface area contributed by atoms with Crippen molar-refractivity contribution in [2.45, 2.75) is 40.5 Å². The van der Waals surface area contributed by atoms with Crippen LogP contribution in [0.25, 0.3) is 0 Å². The van der Waals surface area contributed by atoms with Crippen LogP contribution in [0, 0.1) is 0 Å². The maximum Gasteiger partial charge on any atom is 0.333 e. The van der Waals surface area contributed by atoms with Crippen LogP contribution in [0.5, 0.6) is 0 Å². The first-order chi connectivity index (χ1) is 8.36. The highest BCUT2D eigenvalue weighted by atomic mass is 16.6. The molecule has 0 aliphatic heterocycles. The van der Waals surface area contributed by atoms with Gasteiger partial charge in [-0.3, -0.25) is 0 Å². The number of hydrogen-bond acceptors (Lipinski definition) is 4. The zero-order valence-electron chi connectivity index (χ0n) is 11.9. The second-order valence-electron chi connectivity index (χ2n) is 3.83. The van der Waals surface area contributed by atoms with Gasteiger partial charge in [0, 0.05) is 11.1 Å². The summed E-state index contributed by atoms with van der Waals surface area (Å²) in [6, 6.07) is 0. The third-order valence-electron chi connectivity index (χ3n) is 1.75. The van der Waals surface area contributed by atoms with Crippen molar-refractivity contribution in [2.24, 2.45) is 0 Å². The maximum atomic E-state index is 10.8. The quantitative estimate of drug-likeness (QED) is 0.416. The standard InChI is InChI=1S/C10H14O4.C4H10/c1-7(2)9(11)13-5-6-14-10(12)8(3)4;1-3-4-2/h1,3,5-6H2,2,4H3;3-4H2,1-2H3. The third-order valence-corrected chi connectivity index (χ3v) is 1.75. The van der Waals surface area contributed by atoms with Gasteiger partial charge in [-0.05, 0) is 13.8 Å². The summed E-state index contributed by atoms with van der Waals surface area (Å²) in [4.78, 5) is 21.7. The van der Waals surface area contributed by atoms with E-state index in [4.69, 9.17) is 0 Å². The number of carbonyl (C=O) groups is 2. The first-order valence-corrected chi connectivity index (χ1v) is 6.02. The van der Waals surface area contributed by atoms with Gasteiger partial charge < -0.3 is 9.47 Å². The Bertz CT molecular complexity index is 262. The van der Waals surface area contributed by atoms with E-state index in [1.165, 1.54) is 12.8 Å². The van der Waals surface area contributed by atoms with E-state index in [1.807, 2.05) is 0 Å². The summed E-state index contributed by atoms with van der Waals surface area (Å²) < 4.78 is 9.38. The first-order valence-electron chi connectivity index (χ1n) is 6.02. The lowest BCUT2D eigenvalue weighted by molar-refractivity contribution is -0.147. The molecule has 0 N–H and O–H groups in total. The van der Waals surface area contributed by atoms with Gasteiger partial charge in [0.25, 0.3) is 0 Å². The Balaban J connectivity index is 0. The largest absolute Gasteiger partial charge is 0.459 e. The molecule has 0 amide bonds. The van der Waals surface area contributed by atoms with Crippen molar-refractivity contribution in [3.05, 3.63) is 24.3 Å². The van der Waals surface area contributed by atoms with Gasteiger partial charge in [0.15, 0.2) is 0 Å².